The monoisotopic (exact) mass is 572 g/mol. The summed E-state index contributed by atoms with van der Waals surface area (Å²) in [5, 5.41) is 10.7. The molecule has 12 heteroatoms. The molecular weight excluding hydrogens is 544 g/mol. The zero-order valence-electron chi connectivity index (χ0n) is 23.2. The number of pyridine rings is 1. The number of thiazole rings is 1. The molecule has 1 atom stereocenters. The van der Waals surface area contributed by atoms with Crippen molar-refractivity contribution in [3.63, 3.8) is 0 Å². The van der Waals surface area contributed by atoms with Crippen molar-refractivity contribution in [1.82, 2.24) is 19.9 Å². The smallest absolute Gasteiger partial charge is 0.411 e. The molecule has 6 rings (SSSR count). The summed E-state index contributed by atoms with van der Waals surface area (Å²) in [6, 6.07) is 9.43. The first-order valence-electron chi connectivity index (χ1n) is 12.9. The molecule has 0 bridgehead atoms. The molecule has 5 aromatic rings. The minimum Gasteiger partial charge on any atom is -0.484 e. The van der Waals surface area contributed by atoms with Gasteiger partial charge in [0.2, 0.25) is 5.88 Å². The van der Waals surface area contributed by atoms with E-state index in [1.165, 1.54) is 16.2 Å². The summed E-state index contributed by atoms with van der Waals surface area (Å²) in [4.78, 5) is 33.7. The minimum atomic E-state index is -1.09. The summed E-state index contributed by atoms with van der Waals surface area (Å²) in [7, 11) is 5.32. The Bertz CT molecular complexity index is 1790. The molecule has 0 fully saturated rings. The molecule has 1 aliphatic rings. The van der Waals surface area contributed by atoms with Crippen LogP contribution in [0.5, 0.6) is 17.4 Å². The number of aryl methyl sites for hydroxylation is 2. The fourth-order valence-electron chi connectivity index (χ4n) is 4.81. The van der Waals surface area contributed by atoms with E-state index in [0.717, 1.165) is 48.8 Å². The lowest BCUT2D eigenvalue weighted by Gasteiger charge is -2.30. The molecule has 3 aromatic heterocycles. The van der Waals surface area contributed by atoms with Gasteiger partial charge in [-0.25, -0.2) is 24.7 Å². The number of methoxy groups -OCH3 is 1. The van der Waals surface area contributed by atoms with Crippen LogP contribution in [0.2, 0.25) is 0 Å². The van der Waals surface area contributed by atoms with E-state index in [4.69, 9.17) is 19.2 Å². The van der Waals surface area contributed by atoms with Crippen molar-refractivity contribution >= 4 is 50.2 Å². The van der Waals surface area contributed by atoms with Crippen LogP contribution in [0.15, 0.2) is 42.7 Å². The number of benzene rings is 2. The molecule has 4 heterocycles. The third kappa shape index (κ3) is 4.91. The van der Waals surface area contributed by atoms with Gasteiger partial charge >= 0.3 is 6.09 Å². The van der Waals surface area contributed by atoms with Crippen molar-refractivity contribution in [2.75, 3.05) is 44.2 Å². The number of anilines is 2. The van der Waals surface area contributed by atoms with Crippen LogP contribution in [-0.2, 0) is 0 Å². The summed E-state index contributed by atoms with van der Waals surface area (Å²) in [5.74, 6) is 2.35. The summed E-state index contributed by atoms with van der Waals surface area (Å²) in [6.07, 6.45) is 1.54. The molecule has 0 radical (unpaired) electrons. The second-order valence-corrected chi connectivity index (χ2v) is 11.0. The molecule has 2 aromatic carbocycles. The van der Waals surface area contributed by atoms with Gasteiger partial charge in [-0.3, -0.25) is 4.90 Å². The number of amides is 1. The van der Waals surface area contributed by atoms with Crippen LogP contribution in [0.1, 0.15) is 11.1 Å². The zero-order chi connectivity index (χ0) is 28.8. The van der Waals surface area contributed by atoms with Gasteiger partial charge in [-0.05, 0) is 55.3 Å². The van der Waals surface area contributed by atoms with Crippen LogP contribution in [-0.4, -0.2) is 71.6 Å². The van der Waals surface area contributed by atoms with Crippen LogP contribution in [0.3, 0.4) is 0 Å². The van der Waals surface area contributed by atoms with Crippen LogP contribution in [0.4, 0.5) is 16.3 Å². The summed E-state index contributed by atoms with van der Waals surface area (Å²) in [6.45, 7) is 4.25. The molecule has 11 nitrogen and oxygen atoms in total. The zero-order valence-corrected chi connectivity index (χ0v) is 24.0. The lowest BCUT2D eigenvalue weighted by atomic mass is 10.1. The van der Waals surface area contributed by atoms with E-state index in [2.05, 4.69) is 21.0 Å². The third-order valence-electron chi connectivity index (χ3n) is 6.81. The van der Waals surface area contributed by atoms with Crippen molar-refractivity contribution in [2.24, 2.45) is 0 Å². The molecule has 41 heavy (non-hydrogen) atoms. The standard InChI is InChI=1S/C29H28N6O5S/c1-15-8-19(25-20(9-15)32-23(38-5)12-31-25)28-33-24-16(2)10-21-26(27(24)41-28)39-14-18(40-21)13-35(29(36)37)17-6-7-22(30-11-17)34(3)4/h6-12,18H,13-14H2,1-5H3,(H,36,37). The van der Waals surface area contributed by atoms with Gasteiger partial charge in [0.05, 0.1) is 48.3 Å². The first kappa shape index (κ1) is 26.5. The van der Waals surface area contributed by atoms with Crippen molar-refractivity contribution in [3.05, 3.63) is 53.9 Å². The van der Waals surface area contributed by atoms with Gasteiger partial charge in [-0.1, -0.05) is 0 Å². The maximum atomic E-state index is 12.1. The van der Waals surface area contributed by atoms with Gasteiger partial charge < -0.3 is 24.2 Å². The van der Waals surface area contributed by atoms with Crippen molar-refractivity contribution < 1.29 is 24.1 Å². The van der Waals surface area contributed by atoms with Crippen LogP contribution in [0.25, 0.3) is 31.8 Å². The van der Waals surface area contributed by atoms with Crippen LogP contribution >= 0.6 is 11.3 Å². The molecule has 0 spiro atoms. The van der Waals surface area contributed by atoms with Crippen LogP contribution in [0, 0.1) is 13.8 Å². The molecule has 1 amide bonds. The number of rotatable bonds is 6. The third-order valence-corrected chi connectivity index (χ3v) is 7.90. The van der Waals surface area contributed by atoms with Crippen LogP contribution < -0.4 is 24.0 Å². The highest BCUT2D eigenvalue weighted by Crippen LogP contribution is 2.46. The highest BCUT2D eigenvalue weighted by Gasteiger charge is 2.30. The van der Waals surface area contributed by atoms with Gasteiger partial charge in [0.25, 0.3) is 0 Å². The fraction of sp³-hybridized carbons (Fsp3) is 0.276. The largest absolute Gasteiger partial charge is 0.484 e. The molecule has 1 N–H and O–H groups in total. The number of ether oxygens (including phenoxy) is 3. The number of aromatic nitrogens is 4. The lowest BCUT2D eigenvalue weighted by Crippen LogP contribution is -2.43. The first-order valence-corrected chi connectivity index (χ1v) is 13.7. The predicted octanol–water partition coefficient (Wildman–Crippen LogP) is 5.32. The van der Waals surface area contributed by atoms with E-state index in [-0.39, 0.29) is 13.2 Å². The topological polar surface area (TPSA) is 123 Å². The van der Waals surface area contributed by atoms with Gasteiger partial charge in [0.1, 0.15) is 22.1 Å². The number of carboxylic acid groups (broad SMARTS) is 1. The Morgan fingerprint density at radius 1 is 1.12 bits per heavy atom. The highest BCUT2D eigenvalue weighted by molar-refractivity contribution is 7.22. The maximum Gasteiger partial charge on any atom is 0.411 e. The average molecular weight is 573 g/mol. The predicted molar refractivity (Wildman–Crippen MR) is 158 cm³/mol. The van der Waals surface area contributed by atoms with Crippen molar-refractivity contribution in [1.29, 1.82) is 0 Å². The summed E-state index contributed by atoms with van der Waals surface area (Å²) < 4.78 is 18.6. The molecule has 0 aliphatic carbocycles. The Balaban J connectivity index is 1.32. The fourth-order valence-corrected chi connectivity index (χ4v) is 5.96. The molecule has 210 valence electrons. The highest BCUT2D eigenvalue weighted by atomic mass is 32.1. The summed E-state index contributed by atoms with van der Waals surface area (Å²) in [5.41, 5.74) is 5.59. The normalized spacial score (nSPS) is 14.3. The Labute approximate surface area is 240 Å². The number of hydrogen-bond donors (Lipinski definition) is 1. The van der Waals surface area contributed by atoms with Gasteiger partial charge in [0.15, 0.2) is 17.6 Å². The van der Waals surface area contributed by atoms with E-state index in [1.54, 1.807) is 31.6 Å². The first-order chi connectivity index (χ1) is 19.7. The Hall–Kier alpha value is -4.71. The van der Waals surface area contributed by atoms with E-state index < -0.39 is 12.2 Å². The number of carbonyl (C=O) groups is 1. The minimum absolute atomic E-state index is 0.0835. The number of hydrogen-bond acceptors (Lipinski definition) is 10. The Morgan fingerprint density at radius 3 is 2.66 bits per heavy atom. The van der Waals surface area contributed by atoms with Crippen molar-refractivity contribution in [3.8, 4) is 28.0 Å². The number of fused-ring (bicyclic) bond motifs is 4. The van der Waals surface area contributed by atoms with E-state index in [1.807, 2.05) is 45.0 Å². The molecule has 0 saturated heterocycles. The maximum absolute atomic E-state index is 12.1. The van der Waals surface area contributed by atoms with E-state index in [0.29, 0.717) is 23.1 Å². The quantitative estimate of drug-likeness (QED) is 0.286. The molecule has 0 saturated carbocycles. The van der Waals surface area contributed by atoms with Gasteiger partial charge in [-0.15, -0.1) is 11.3 Å². The number of nitrogens with zero attached hydrogens (tertiary/aromatic N) is 6. The van der Waals surface area contributed by atoms with Crippen molar-refractivity contribution in [2.45, 2.75) is 20.0 Å². The van der Waals surface area contributed by atoms with E-state index >= 15 is 0 Å². The Morgan fingerprint density at radius 2 is 1.95 bits per heavy atom. The molecule has 1 unspecified atom stereocenters. The SMILES string of the molecule is COc1cnc2c(-c3nc4c(C)cc5c(c4s3)OCC(CN(C(=O)O)c3ccc(N(C)C)nc3)O5)cc(C)cc2n1. The lowest BCUT2D eigenvalue weighted by molar-refractivity contribution is 0.0961. The second-order valence-electron chi connectivity index (χ2n) is 10.0. The molecular formula is C29H28N6O5S. The Kier molecular flexibility index (Phi) is 6.70. The molecule has 1 aliphatic heterocycles. The van der Waals surface area contributed by atoms with E-state index in [9.17, 15) is 9.90 Å². The van der Waals surface area contributed by atoms with Gasteiger partial charge in [-0.2, -0.15) is 0 Å². The van der Waals surface area contributed by atoms with Gasteiger partial charge in [0, 0.05) is 19.7 Å². The summed E-state index contributed by atoms with van der Waals surface area (Å²) >= 11 is 1.50. The second kappa shape index (κ2) is 10.4. The average Bonchev–Trinajstić information content (AvgIpc) is 3.41.